The number of methoxy groups -OCH3 is 1. The van der Waals surface area contributed by atoms with Gasteiger partial charge in [-0.25, -0.2) is 0 Å². The number of amides is 1. The lowest BCUT2D eigenvalue weighted by atomic mass is 9.84. The zero-order valence-electron chi connectivity index (χ0n) is 19.6. The molecule has 1 aromatic carbocycles. The molecule has 0 aromatic heterocycles. The molecule has 0 bridgehead atoms. The first-order valence-corrected chi connectivity index (χ1v) is 12.2. The Hall–Kier alpha value is -2.55. The number of hydrogen-bond acceptors (Lipinski definition) is 5. The number of carbonyl (C=O) groups is 2. The lowest BCUT2D eigenvalue weighted by Gasteiger charge is -2.40. The summed E-state index contributed by atoms with van der Waals surface area (Å²) in [5, 5.41) is 9.00. The number of unbranched alkanes of at least 4 members (excludes halogenated alkanes) is 2. The molecule has 0 unspecified atom stereocenters. The quantitative estimate of drug-likeness (QED) is 0.440. The molecule has 1 saturated heterocycles. The summed E-state index contributed by atoms with van der Waals surface area (Å²) in [5.74, 6) is 0.258. The second-order valence-corrected chi connectivity index (χ2v) is 9.19. The fraction of sp³-hybridized carbons (Fsp3) is 0.654. The van der Waals surface area contributed by atoms with E-state index in [1.807, 2.05) is 24.3 Å². The van der Waals surface area contributed by atoms with Crippen molar-refractivity contribution in [2.45, 2.75) is 70.8 Å². The van der Waals surface area contributed by atoms with Crippen molar-refractivity contribution in [1.82, 2.24) is 4.90 Å². The van der Waals surface area contributed by atoms with Crippen molar-refractivity contribution in [3.05, 3.63) is 29.8 Å². The molecule has 0 radical (unpaired) electrons. The molecule has 0 spiro atoms. The zero-order chi connectivity index (χ0) is 22.9. The predicted molar refractivity (Wildman–Crippen MR) is 125 cm³/mol. The minimum Gasteiger partial charge on any atom is -0.469 e. The van der Waals surface area contributed by atoms with Crippen LogP contribution in [0.5, 0.6) is 0 Å². The summed E-state index contributed by atoms with van der Waals surface area (Å²) in [6.07, 6.45) is 8.45. The number of esters is 1. The Labute approximate surface area is 192 Å². The van der Waals surface area contributed by atoms with Crippen LogP contribution in [0.2, 0.25) is 0 Å². The molecule has 2 aliphatic rings. The van der Waals surface area contributed by atoms with Crippen molar-refractivity contribution in [1.29, 1.82) is 5.26 Å². The van der Waals surface area contributed by atoms with Gasteiger partial charge < -0.3 is 14.5 Å². The van der Waals surface area contributed by atoms with Crippen LogP contribution in [0, 0.1) is 23.2 Å². The Balaban J connectivity index is 1.58. The first kappa shape index (κ1) is 24.1. The van der Waals surface area contributed by atoms with Gasteiger partial charge in [0.05, 0.1) is 24.7 Å². The molecule has 32 heavy (non-hydrogen) atoms. The summed E-state index contributed by atoms with van der Waals surface area (Å²) in [6, 6.07) is 10.1. The lowest BCUT2D eigenvalue weighted by molar-refractivity contribution is -0.147. The molecule has 1 amide bonds. The number of anilines is 1. The van der Waals surface area contributed by atoms with Gasteiger partial charge in [-0.05, 0) is 69.2 Å². The Kier molecular flexibility index (Phi) is 8.96. The molecule has 174 valence electrons. The maximum atomic E-state index is 13.6. The topological polar surface area (TPSA) is 73.6 Å². The molecule has 1 aliphatic carbocycles. The van der Waals surface area contributed by atoms with Crippen molar-refractivity contribution >= 4 is 17.6 Å². The first-order valence-electron chi connectivity index (χ1n) is 12.2. The molecule has 2 fully saturated rings. The number of nitrogens with zero attached hydrogens (tertiary/aromatic N) is 3. The van der Waals surface area contributed by atoms with E-state index in [9.17, 15) is 9.59 Å². The third-order valence-electron chi connectivity index (χ3n) is 7.16. The van der Waals surface area contributed by atoms with E-state index in [0.29, 0.717) is 11.5 Å². The van der Waals surface area contributed by atoms with Gasteiger partial charge in [0.1, 0.15) is 0 Å². The molecule has 6 heteroatoms. The van der Waals surface area contributed by atoms with E-state index in [2.05, 4.69) is 22.8 Å². The number of hydrogen-bond donors (Lipinski definition) is 0. The van der Waals surface area contributed by atoms with Gasteiger partial charge in [-0.3, -0.25) is 9.59 Å². The number of benzene rings is 1. The first-order chi connectivity index (χ1) is 15.6. The Morgan fingerprint density at radius 2 is 1.69 bits per heavy atom. The number of rotatable bonds is 8. The smallest absolute Gasteiger partial charge is 0.308 e. The van der Waals surface area contributed by atoms with Crippen molar-refractivity contribution in [3.63, 3.8) is 0 Å². The molecule has 6 nitrogen and oxygen atoms in total. The van der Waals surface area contributed by atoms with Crippen molar-refractivity contribution < 1.29 is 14.3 Å². The number of nitriles is 1. The van der Waals surface area contributed by atoms with E-state index in [-0.39, 0.29) is 23.8 Å². The van der Waals surface area contributed by atoms with E-state index >= 15 is 0 Å². The van der Waals surface area contributed by atoms with Gasteiger partial charge in [0.2, 0.25) is 5.91 Å². The standard InChI is InChI=1S/C26H37N3O3/c1-3-4-5-16-29(24-12-8-22(9-13-24)26(31)32-2)25(30)21-14-17-28(18-15-21)23-10-6-20(19-27)7-11-23/h6-7,10-11,21-22,24H,3-5,8-9,12-18H2,1-2H3/t22-,24-. The normalized spacial score (nSPS) is 21.6. The Morgan fingerprint density at radius 1 is 1.03 bits per heavy atom. The fourth-order valence-corrected chi connectivity index (χ4v) is 5.16. The maximum absolute atomic E-state index is 13.6. The van der Waals surface area contributed by atoms with Gasteiger partial charge >= 0.3 is 5.97 Å². The largest absolute Gasteiger partial charge is 0.469 e. The highest BCUT2D eigenvalue weighted by Crippen LogP contribution is 2.31. The summed E-state index contributed by atoms with van der Waals surface area (Å²) < 4.78 is 4.93. The molecule has 3 rings (SSSR count). The lowest BCUT2D eigenvalue weighted by Crippen LogP contribution is -2.48. The van der Waals surface area contributed by atoms with Gasteiger partial charge in [-0.15, -0.1) is 0 Å². The maximum Gasteiger partial charge on any atom is 0.308 e. The SMILES string of the molecule is CCCCCN(C(=O)C1CCN(c2ccc(C#N)cc2)CC1)[C@H]1CC[C@H](C(=O)OC)CC1. The molecular weight excluding hydrogens is 402 g/mol. The minimum atomic E-state index is -0.109. The third kappa shape index (κ3) is 6.03. The molecule has 0 atom stereocenters. The van der Waals surface area contributed by atoms with Crippen molar-refractivity contribution in [3.8, 4) is 6.07 Å². The molecule has 1 heterocycles. The Bertz CT molecular complexity index is 786. The number of piperidine rings is 1. The van der Waals surface area contributed by atoms with Crippen LogP contribution < -0.4 is 4.90 Å². The molecule has 0 N–H and O–H groups in total. The highest BCUT2D eigenvalue weighted by molar-refractivity contribution is 5.79. The van der Waals surface area contributed by atoms with Crippen molar-refractivity contribution in [2.75, 3.05) is 31.6 Å². The molecule has 1 aliphatic heterocycles. The molecular formula is C26H37N3O3. The van der Waals surface area contributed by atoms with Crippen LogP contribution in [-0.4, -0.2) is 49.6 Å². The van der Waals surface area contributed by atoms with Gasteiger partial charge in [0, 0.05) is 37.3 Å². The minimum absolute atomic E-state index is 0.0143. The van der Waals surface area contributed by atoms with Gasteiger partial charge in [-0.1, -0.05) is 19.8 Å². The van der Waals surface area contributed by atoms with E-state index in [1.54, 1.807) is 0 Å². The summed E-state index contributed by atoms with van der Waals surface area (Å²) in [6.45, 7) is 4.74. The number of carbonyl (C=O) groups excluding carboxylic acids is 2. The molecule has 1 aromatic rings. The van der Waals surface area contributed by atoms with Crippen LogP contribution in [0.3, 0.4) is 0 Å². The predicted octanol–water partition coefficient (Wildman–Crippen LogP) is 4.53. The van der Waals surface area contributed by atoms with Crippen molar-refractivity contribution in [2.24, 2.45) is 11.8 Å². The second kappa shape index (κ2) is 11.9. The van der Waals surface area contributed by atoms with Crippen LogP contribution in [0.15, 0.2) is 24.3 Å². The van der Waals surface area contributed by atoms with E-state index < -0.39 is 0 Å². The zero-order valence-corrected chi connectivity index (χ0v) is 19.6. The van der Waals surface area contributed by atoms with Crippen LogP contribution in [-0.2, 0) is 14.3 Å². The van der Waals surface area contributed by atoms with E-state index in [1.165, 1.54) is 7.11 Å². The van der Waals surface area contributed by atoms with Crippen LogP contribution in [0.25, 0.3) is 0 Å². The van der Waals surface area contributed by atoms with Gasteiger partial charge in [-0.2, -0.15) is 5.26 Å². The summed E-state index contributed by atoms with van der Waals surface area (Å²) in [7, 11) is 1.46. The third-order valence-corrected chi connectivity index (χ3v) is 7.16. The van der Waals surface area contributed by atoms with Crippen LogP contribution in [0.4, 0.5) is 5.69 Å². The number of ether oxygens (including phenoxy) is 1. The summed E-state index contributed by atoms with van der Waals surface area (Å²) in [4.78, 5) is 29.9. The van der Waals surface area contributed by atoms with Gasteiger partial charge in [0.15, 0.2) is 0 Å². The summed E-state index contributed by atoms with van der Waals surface area (Å²) >= 11 is 0. The fourth-order valence-electron chi connectivity index (χ4n) is 5.16. The molecule has 1 saturated carbocycles. The summed E-state index contributed by atoms with van der Waals surface area (Å²) in [5.41, 5.74) is 1.79. The highest BCUT2D eigenvalue weighted by atomic mass is 16.5. The van der Waals surface area contributed by atoms with Gasteiger partial charge in [0.25, 0.3) is 0 Å². The van der Waals surface area contributed by atoms with E-state index in [0.717, 1.165) is 83.1 Å². The van der Waals surface area contributed by atoms with Crippen LogP contribution in [0.1, 0.15) is 70.3 Å². The highest BCUT2D eigenvalue weighted by Gasteiger charge is 2.35. The average Bonchev–Trinajstić information content (AvgIpc) is 2.86. The van der Waals surface area contributed by atoms with Crippen LogP contribution >= 0.6 is 0 Å². The van der Waals surface area contributed by atoms with E-state index in [4.69, 9.17) is 10.00 Å². The average molecular weight is 440 g/mol. The second-order valence-electron chi connectivity index (χ2n) is 9.19. The monoisotopic (exact) mass is 439 g/mol. The Morgan fingerprint density at radius 3 is 2.25 bits per heavy atom.